The minimum Gasteiger partial charge on any atom is -0.338 e. The number of hydrogen-bond acceptors (Lipinski definition) is 4. The number of aromatic amines is 1. The molecule has 136 valence electrons. The molecule has 5 aromatic rings. The van der Waals surface area contributed by atoms with Gasteiger partial charge in [0.1, 0.15) is 11.6 Å². The van der Waals surface area contributed by atoms with E-state index in [9.17, 15) is 4.39 Å². The molecule has 0 radical (unpaired) electrons. The van der Waals surface area contributed by atoms with Gasteiger partial charge < -0.3 is 9.51 Å². The van der Waals surface area contributed by atoms with Crippen molar-refractivity contribution in [1.82, 2.24) is 20.1 Å². The van der Waals surface area contributed by atoms with E-state index in [0.717, 1.165) is 28.0 Å². The predicted octanol–water partition coefficient (Wildman–Crippen LogP) is 5.39. The van der Waals surface area contributed by atoms with Crippen molar-refractivity contribution in [2.75, 3.05) is 0 Å². The van der Waals surface area contributed by atoms with E-state index < -0.39 is 0 Å². The van der Waals surface area contributed by atoms with Gasteiger partial charge in [-0.2, -0.15) is 4.98 Å². The summed E-state index contributed by atoms with van der Waals surface area (Å²) in [5, 5.41) is 4.03. The Kier molecular flexibility index (Phi) is 3.76. The van der Waals surface area contributed by atoms with E-state index in [2.05, 4.69) is 33.1 Å². The Hall–Kier alpha value is -3.80. The van der Waals surface area contributed by atoms with E-state index in [1.54, 1.807) is 12.1 Å². The van der Waals surface area contributed by atoms with Crippen LogP contribution in [0, 0.1) is 12.7 Å². The highest BCUT2D eigenvalue weighted by Gasteiger charge is 2.12. The van der Waals surface area contributed by atoms with Crippen LogP contribution < -0.4 is 0 Å². The number of nitrogens with zero attached hydrogens (tertiary/aromatic N) is 3. The first kappa shape index (κ1) is 16.4. The van der Waals surface area contributed by atoms with Crippen LogP contribution in [0.1, 0.15) is 5.56 Å². The molecule has 5 nitrogen and oxygen atoms in total. The van der Waals surface area contributed by atoms with Crippen LogP contribution in [0.15, 0.2) is 71.3 Å². The van der Waals surface area contributed by atoms with Gasteiger partial charge >= 0.3 is 0 Å². The molecule has 0 amide bonds. The highest BCUT2D eigenvalue weighted by molar-refractivity contribution is 5.80. The van der Waals surface area contributed by atoms with Crippen LogP contribution in [0.3, 0.4) is 0 Å². The van der Waals surface area contributed by atoms with Crippen LogP contribution >= 0.6 is 0 Å². The van der Waals surface area contributed by atoms with Crippen molar-refractivity contribution in [3.63, 3.8) is 0 Å². The van der Waals surface area contributed by atoms with Gasteiger partial charge in [0.15, 0.2) is 0 Å². The number of H-pyrrole nitrogens is 1. The molecule has 0 fully saturated rings. The van der Waals surface area contributed by atoms with E-state index in [-0.39, 0.29) is 5.82 Å². The number of fused-ring (bicyclic) bond motifs is 1. The van der Waals surface area contributed by atoms with Crippen molar-refractivity contribution in [2.24, 2.45) is 0 Å². The Morgan fingerprint density at radius 2 is 1.54 bits per heavy atom. The summed E-state index contributed by atoms with van der Waals surface area (Å²) in [6.07, 6.45) is 0. The number of hydrogen-bond donors (Lipinski definition) is 1. The monoisotopic (exact) mass is 370 g/mol. The standard InChI is InChI=1S/C22H15FN4O/c1-13-2-11-18-19(12-13)25-20(24-18)14-3-5-15(6-4-14)21-26-22(28-27-21)16-7-9-17(23)10-8-16/h2-12H,1H3,(H,24,25). The lowest BCUT2D eigenvalue weighted by molar-refractivity contribution is 0.432. The molecule has 0 atom stereocenters. The Morgan fingerprint density at radius 1 is 0.821 bits per heavy atom. The number of aryl methyl sites for hydroxylation is 1. The summed E-state index contributed by atoms with van der Waals surface area (Å²) in [4.78, 5) is 12.4. The molecule has 1 N–H and O–H groups in total. The summed E-state index contributed by atoms with van der Waals surface area (Å²) in [5.74, 6) is 1.34. The summed E-state index contributed by atoms with van der Waals surface area (Å²) in [7, 11) is 0. The average Bonchev–Trinajstić information content (AvgIpc) is 3.36. The summed E-state index contributed by atoms with van der Waals surface area (Å²) in [6, 6.07) is 19.9. The molecular formula is C22H15FN4O. The third kappa shape index (κ3) is 2.95. The van der Waals surface area contributed by atoms with Crippen LogP contribution in [0.5, 0.6) is 0 Å². The number of aromatic nitrogens is 4. The van der Waals surface area contributed by atoms with E-state index >= 15 is 0 Å². The topological polar surface area (TPSA) is 67.6 Å². The van der Waals surface area contributed by atoms with Gasteiger partial charge in [0.25, 0.3) is 5.89 Å². The minimum atomic E-state index is -0.306. The number of halogens is 1. The van der Waals surface area contributed by atoms with Gasteiger partial charge in [-0.1, -0.05) is 35.5 Å². The van der Waals surface area contributed by atoms with Crippen molar-refractivity contribution in [2.45, 2.75) is 6.92 Å². The zero-order valence-electron chi connectivity index (χ0n) is 15.0. The molecule has 0 saturated heterocycles. The third-order valence-corrected chi connectivity index (χ3v) is 4.57. The summed E-state index contributed by atoms with van der Waals surface area (Å²) < 4.78 is 18.4. The molecule has 28 heavy (non-hydrogen) atoms. The molecule has 0 unspecified atom stereocenters. The van der Waals surface area contributed by atoms with Crippen molar-refractivity contribution in [3.8, 4) is 34.2 Å². The van der Waals surface area contributed by atoms with Crippen LogP contribution in [-0.2, 0) is 0 Å². The van der Waals surface area contributed by atoms with Crippen molar-refractivity contribution < 1.29 is 8.91 Å². The molecule has 0 spiro atoms. The zero-order valence-corrected chi connectivity index (χ0v) is 15.0. The van der Waals surface area contributed by atoms with Gasteiger partial charge in [-0.3, -0.25) is 0 Å². The molecule has 2 heterocycles. The smallest absolute Gasteiger partial charge is 0.258 e. The van der Waals surface area contributed by atoms with E-state index in [4.69, 9.17) is 4.52 Å². The summed E-state index contributed by atoms with van der Waals surface area (Å²) in [6.45, 7) is 2.06. The lowest BCUT2D eigenvalue weighted by atomic mass is 10.1. The first-order valence-electron chi connectivity index (χ1n) is 8.82. The molecule has 0 bridgehead atoms. The molecule has 6 heteroatoms. The molecular weight excluding hydrogens is 355 g/mol. The highest BCUT2D eigenvalue weighted by Crippen LogP contribution is 2.26. The fourth-order valence-corrected chi connectivity index (χ4v) is 3.09. The third-order valence-electron chi connectivity index (χ3n) is 4.57. The molecule has 0 aliphatic rings. The molecule has 0 aliphatic carbocycles. The average molecular weight is 370 g/mol. The number of rotatable bonds is 3. The van der Waals surface area contributed by atoms with E-state index in [1.807, 2.05) is 36.4 Å². The SMILES string of the molecule is Cc1ccc2nc(-c3ccc(-c4noc(-c5ccc(F)cc5)n4)cc3)[nH]c2c1. The van der Waals surface area contributed by atoms with Crippen molar-refractivity contribution >= 4 is 11.0 Å². The van der Waals surface area contributed by atoms with Gasteiger partial charge in [-0.25, -0.2) is 9.37 Å². The van der Waals surface area contributed by atoms with Crippen LogP contribution in [0.4, 0.5) is 4.39 Å². The van der Waals surface area contributed by atoms with Gasteiger partial charge in [0, 0.05) is 16.7 Å². The quantitative estimate of drug-likeness (QED) is 0.462. The first-order valence-corrected chi connectivity index (χ1v) is 8.82. The predicted molar refractivity (Wildman–Crippen MR) is 105 cm³/mol. The van der Waals surface area contributed by atoms with Crippen LogP contribution in [-0.4, -0.2) is 20.1 Å². The molecule has 5 rings (SSSR count). The lowest BCUT2D eigenvalue weighted by Gasteiger charge is -1.98. The largest absolute Gasteiger partial charge is 0.338 e. The highest BCUT2D eigenvalue weighted by atomic mass is 19.1. The Labute approximate surface area is 159 Å². The minimum absolute atomic E-state index is 0.306. The van der Waals surface area contributed by atoms with Gasteiger partial charge in [-0.05, 0) is 48.9 Å². The molecule has 0 aliphatic heterocycles. The normalized spacial score (nSPS) is 11.2. The molecule has 2 aromatic heterocycles. The Bertz CT molecular complexity index is 1270. The van der Waals surface area contributed by atoms with Gasteiger partial charge in [0.2, 0.25) is 5.82 Å². The number of nitrogens with one attached hydrogen (secondary N) is 1. The van der Waals surface area contributed by atoms with Crippen LogP contribution in [0.2, 0.25) is 0 Å². The molecule has 0 saturated carbocycles. The molecule has 3 aromatic carbocycles. The number of imidazole rings is 1. The Balaban J connectivity index is 1.44. The summed E-state index contributed by atoms with van der Waals surface area (Å²) >= 11 is 0. The zero-order chi connectivity index (χ0) is 19.1. The fraction of sp³-hybridized carbons (Fsp3) is 0.0455. The first-order chi connectivity index (χ1) is 13.7. The van der Waals surface area contributed by atoms with Gasteiger partial charge in [-0.15, -0.1) is 0 Å². The van der Waals surface area contributed by atoms with E-state index in [0.29, 0.717) is 17.3 Å². The second-order valence-electron chi connectivity index (χ2n) is 6.61. The second kappa shape index (κ2) is 6.42. The van der Waals surface area contributed by atoms with Crippen molar-refractivity contribution in [3.05, 3.63) is 78.1 Å². The van der Waals surface area contributed by atoms with Crippen LogP contribution in [0.25, 0.3) is 45.3 Å². The van der Waals surface area contributed by atoms with Crippen molar-refractivity contribution in [1.29, 1.82) is 0 Å². The maximum absolute atomic E-state index is 13.1. The second-order valence-corrected chi connectivity index (χ2v) is 6.61. The summed E-state index contributed by atoms with van der Waals surface area (Å²) in [5.41, 5.74) is 5.61. The fourth-order valence-electron chi connectivity index (χ4n) is 3.09. The lowest BCUT2D eigenvalue weighted by Crippen LogP contribution is -1.84. The van der Waals surface area contributed by atoms with E-state index in [1.165, 1.54) is 17.7 Å². The maximum Gasteiger partial charge on any atom is 0.258 e. The Morgan fingerprint density at radius 3 is 2.32 bits per heavy atom. The number of benzene rings is 3. The maximum atomic E-state index is 13.1. The van der Waals surface area contributed by atoms with Gasteiger partial charge in [0.05, 0.1) is 11.0 Å².